The Kier molecular flexibility index (Phi) is 4.78. The highest BCUT2D eigenvalue weighted by atomic mass is 32.2. The smallest absolute Gasteiger partial charge is 0.247 e. The van der Waals surface area contributed by atoms with Crippen LogP contribution in [0.2, 0.25) is 0 Å². The quantitative estimate of drug-likeness (QED) is 0.743. The Hall–Kier alpha value is -2.05. The van der Waals surface area contributed by atoms with Crippen molar-refractivity contribution < 1.29 is 4.79 Å². The van der Waals surface area contributed by atoms with E-state index in [1.165, 1.54) is 0 Å². The second-order valence-corrected chi connectivity index (χ2v) is 7.76. The Morgan fingerprint density at radius 2 is 2.00 bits per heavy atom. The number of fused-ring (bicyclic) bond motifs is 1. The van der Waals surface area contributed by atoms with Gasteiger partial charge < -0.3 is 10.6 Å². The van der Waals surface area contributed by atoms with E-state index in [1.807, 2.05) is 36.4 Å². The number of pyridine rings is 1. The van der Waals surface area contributed by atoms with Crippen molar-refractivity contribution in [1.29, 1.82) is 0 Å². The zero-order chi connectivity index (χ0) is 17.2. The first kappa shape index (κ1) is 16.8. The largest absolute Gasteiger partial charge is 0.358 e. The van der Waals surface area contributed by atoms with Gasteiger partial charge in [0, 0.05) is 28.7 Å². The zero-order valence-corrected chi connectivity index (χ0v) is 14.9. The van der Waals surface area contributed by atoms with Crippen molar-refractivity contribution in [3.8, 4) is 0 Å². The van der Waals surface area contributed by atoms with Gasteiger partial charge in [0.15, 0.2) is 0 Å². The third-order valence-corrected chi connectivity index (χ3v) is 4.76. The fourth-order valence-corrected chi connectivity index (χ4v) is 3.07. The van der Waals surface area contributed by atoms with Crippen LogP contribution in [0, 0.1) is 0 Å². The molecule has 1 aliphatic rings. The molecule has 3 N–H and O–H groups in total. The molecule has 1 amide bonds. The standard InChI is InChI=1S/C18H22N4OS/c1-18(2,3)22-24-14-8-6-13(7-9-14)20-17(23)15-11-12-5-4-10-19-16(12)21-15/h4-10,15,22H,11H2,1-3H3,(H,19,21)(H,20,23). The summed E-state index contributed by atoms with van der Waals surface area (Å²) in [6, 6.07) is 11.5. The third-order valence-electron chi connectivity index (χ3n) is 3.54. The first-order valence-electron chi connectivity index (χ1n) is 7.96. The number of aromatic nitrogens is 1. The van der Waals surface area contributed by atoms with Crippen LogP contribution in [-0.2, 0) is 11.2 Å². The molecule has 0 bridgehead atoms. The number of hydrogen-bond acceptors (Lipinski definition) is 5. The van der Waals surface area contributed by atoms with Crippen LogP contribution < -0.4 is 15.4 Å². The van der Waals surface area contributed by atoms with Crippen molar-refractivity contribution in [2.75, 3.05) is 10.6 Å². The van der Waals surface area contributed by atoms with Crippen LogP contribution in [0.4, 0.5) is 11.5 Å². The molecule has 1 aromatic carbocycles. The molecule has 126 valence electrons. The number of carbonyl (C=O) groups excluding carboxylic acids is 1. The molecule has 24 heavy (non-hydrogen) atoms. The van der Waals surface area contributed by atoms with Gasteiger partial charge >= 0.3 is 0 Å². The number of carbonyl (C=O) groups is 1. The van der Waals surface area contributed by atoms with Crippen molar-refractivity contribution >= 4 is 29.4 Å². The van der Waals surface area contributed by atoms with Crippen molar-refractivity contribution in [2.24, 2.45) is 0 Å². The second kappa shape index (κ2) is 6.83. The average Bonchev–Trinajstić information content (AvgIpc) is 2.98. The van der Waals surface area contributed by atoms with Crippen LogP contribution in [0.15, 0.2) is 47.5 Å². The Balaban J connectivity index is 1.56. The van der Waals surface area contributed by atoms with Crippen LogP contribution in [0.1, 0.15) is 26.3 Å². The van der Waals surface area contributed by atoms with E-state index in [0.717, 1.165) is 22.0 Å². The van der Waals surface area contributed by atoms with Crippen LogP contribution in [0.3, 0.4) is 0 Å². The predicted octanol–water partition coefficient (Wildman–Crippen LogP) is 3.45. The van der Waals surface area contributed by atoms with Gasteiger partial charge in [-0.05, 0) is 68.6 Å². The monoisotopic (exact) mass is 342 g/mol. The van der Waals surface area contributed by atoms with Crippen molar-refractivity contribution in [1.82, 2.24) is 9.71 Å². The second-order valence-electron chi connectivity index (χ2n) is 6.88. The predicted molar refractivity (Wildman–Crippen MR) is 99.2 cm³/mol. The fraction of sp³-hybridized carbons (Fsp3) is 0.333. The molecule has 1 atom stereocenters. The lowest BCUT2D eigenvalue weighted by atomic mass is 10.1. The van der Waals surface area contributed by atoms with Gasteiger partial charge in [-0.3, -0.25) is 9.52 Å². The van der Waals surface area contributed by atoms with Gasteiger partial charge in [-0.2, -0.15) is 0 Å². The van der Waals surface area contributed by atoms with Crippen LogP contribution in [0.5, 0.6) is 0 Å². The molecule has 0 saturated heterocycles. The number of rotatable bonds is 4. The molecule has 2 heterocycles. The minimum atomic E-state index is -0.272. The Bertz CT molecular complexity index is 700. The summed E-state index contributed by atoms with van der Waals surface area (Å²) in [7, 11) is 0. The number of hydrogen-bond donors (Lipinski definition) is 3. The molecule has 0 fully saturated rings. The van der Waals surface area contributed by atoms with Crippen LogP contribution in [-0.4, -0.2) is 22.5 Å². The van der Waals surface area contributed by atoms with E-state index in [9.17, 15) is 4.79 Å². The molecule has 1 unspecified atom stereocenters. The lowest BCUT2D eigenvalue weighted by molar-refractivity contribution is -0.116. The zero-order valence-electron chi connectivity index (χ0n) is 14.1. The highest BCUT2D eigenvalue weighted by molar-refractivity contribution is 7.97. The van der Waals surface area contributed by atoms with E-state index < -0.39 is 0 Å². The Morgan fingerprint density at radius 1 is 1.25 bits per heavy atom. The van der Waals surface area contributed by atoms with Crippen molar-refractivity contribution in [3.63, 3.8) is 0 Å². The van der Waals surface area contributed by atoms with Gasteiger partial charge in [-0.1, -0.05) is 6.07 Å². The Labute approximate surface area is 146 Å². The Morgan fingerprint density at radius 3 is 2.67 bits per heavy atom. The first-order chi connectivity index (χ1) is 11.4. The maximum absolute atomic E-state index is 12.4. The summed E-state index contributed by atoms with van der Waals surface area (Å²) in [5, 5.41) is 6.12. The molecule has 0 saturated carbocycles. The summed E-state index contributed by atoms with van der Waals surface area (Å²) >= 11 is 1.59. The minimum Gasteiger partial charge on any atom is -0.358 e. The summed E-state index contributed by atoms with van der Waals surface area (Å²) in [6.07, 6.45) is 2.40. The maximum atomic E-state index is 12.4. The van der Waals surface area contributed by atoms with E-state index >= 15 is 0 Å². The number of nitrogens with one attached hydrogen (secondary N) is 3. The molecule has 0 aliphatic carbocycles. The van der Waals surface area contributed by atoms with Gasteiger partial charge in [-0.25, -0.2) is 4.98 Å². The molecule has 0 spiro atoms. The highest BCUT2D eigenvalue weighted by Crippen LogP contribution is 2.24. The third kappa shape index (κ3) is 4.27. The summed E-state index contributed by atoms with van der Waals surface area (Å²) in [5.74, 6) is 0.763. The van der Waals surface area contributed by atoms with Crippen LogP contribution >= 0.6 is 11.9 Å². The molecule has 5 nitrogen and oxygen atoms in total. The number of benzene rings is 1. The van der Waals surface area contributed by atoms with Crippen LogP contribution in [0.25, 0.3) is 0 Å². The summed E-state index contributed by atoms with van der Waals surface area (Å²) in [5.41, 5.74) is 1.93. The van der Waals surface area contributed by atoms with E-state index in [4.69, 9.17) is 0 Å². The molecular weight excluding hydrogens is 320 g/mol. The maximum Gasteiger partial charge on any atom is 0.247 e. The van der Waals surface area contributed by atoms with E-state index in [-0.39, 0.29) is 17.5 Å². The van der Waals surface area contributed by atoms with Crippen molar-refractivity contribution in [3.05, 3.63) is 48.2 Å². The SMILES string of the molecule is CC(C)(C)NSc1ccc(NC(=O)C2Cc3cccnc3N2)cc1. The fourth-order valence-electron chi connectivity index (χ4n) is 2.38. The molecule has 3 rings (SSSR count). The highest BCUT2D eigenvalue weighted by Gasteiger charge is 2.27. The lowest BCUT2D eigenvalue weighted by Crippen LogP contribution is -2.32. The molecule has 0 radical (unpaired) electrons. The van der Waals surface area contributed by atoms with Gasteiger partial charge in [0.05, 0.1) is 0 Å². The van der Waals surface area contributed by atoms with Gasteiger partial charge in [0.2, 0.25) is 5.91 Å². The van der Waals surface area contributed by atoms with E-state index in [2.05, 4.69) is 41.1 Å². The number of nitrogens with zero attached hydrogens (tertiary/aromatic N) is 1. The van der Waals surface area contributed by atoms with Gasteiger partial charge in [0.1, 0.15) is 11.9 Å². The normalized spacial score (nSPS) is 16.4. The van der Waals surface area contributed by atoms with Gasteiger partial charge in [0.25, 0.3) is 0 Å². The molecule has 1 aliphatic heterocycles. The minimum absolute atomic E-state index is 0.0405. The van der Waals surface area contributed by atoms with Crippen molar-refractivity contribution in [2.45, 2.75) is 43.7 Å². The molecule has 1 aromatic heterocycles. The number of anilines is 2. The topological polar surface area (TPSA) is 66.0 Å². The summed E-state index contributed by atoms with van der Waals surface area (Å²) in [6.45, 7) is 6.36. The molecule has 6 heteroatoms. The summed E-state index contributed by atoms with van der Waals surface area (Å²) in [4.78, 5) is 17.8. The first-order valence-corrected chi connectivity index (χ1v) is 8.78. The lowest BCUT2D eigenvalue weighted by Gasteiger charge is -2.19. The summed E-state index contributed by atoms with van der Waals surface area (Å²) < 4.78 is 3.37. The number of amides is 1. The molecular formula is C18H22N4OS. The van der Waals surface area contributed by atoms with Gasteiger partial charge in [-0.15, -0.1) is 0 Å². The average molecular weight is 342 g/mol. The van der Waals surface area contributed by atoms with E-state index in [1.54, 1.807) is 18.1 Å². The van der Waals surface area contributed by atoms with E-state index in [0.29, 0.717) is 6.42 Å². The molecule has 2 aromatic rings.